The van der Waals surface area contributed by atoms with Crippen LogP contribution in [0.25, 0.3) is 0 Å². The van der Waals surface area contributed by atoms with Crippen molar-refractivity contribution in [2.75, 3.05) is 19.8 Å². The second-order valence-corrected chi connectivity index (χ2v) is 3.07. The molecule has 0 saturated heterocycles. The molecule has 3 N–H and O–H groups in total. The van der Waals surface area contributed by atoms with E-state index in [9.17, 15) is 9.18 Å². The van der Waals surface area contributed by atoms with Gasteiger partial charge in [0.25, 0.3) is 5.91 Å². The lowest BCUT2D eigenvalue weighted by Crippen LogP contribution is -2.36. The van der Waals surface area contributed by atoms with Crippen molar-refractivity contribution in [1.29, 1.82) is 0 Å². The van der Waals surface area contributed by atoms with Crippen molar-refractivity contribution in [3.05, 3.63) is 29.6 Å². The number of hydrogen-bond acceptors (Lipinski definition) is 3. The van der Waals surface area contributed by atoms with E-state index in [2.05, 4.69) is 5.43 Å². The summed E-state index contributed by atoms with van der Waals surface area (Å²) >= 11 is 0. The van der Waals surface area contributed by atoms with Gasteiger partial charge in [-0.25, -0.2) is 9.40 Å². The molecule has 4 nitrogen and oxygen atoms in total. The zero-order valence-corrected chi connectivity index (χ0v) is 8.04. The molecule has 0 fully saturated rings. The van der Waals surface area contributed by atoms with Crippen LogP contribution in [0.5, 0.6) is 0 Å². The van der Waals surface area contributed by atoms with Crippen molar-refractivity contribution in [3.8, 4) is 0 Å². The van der Waals surface area contributed by atoms with Gasteiger partial charge in [-0.2, -0.15) is 0 Å². The van der Waals surface area contributed by atoms with Crippen LogP contribution >= 0.6 is 0 Å². The summed E-state index contributed by atoms with van der Waals surface area (Å²) in [5, 5.41) is 1.48. The predicted octanol–water partition coefficient (Wildman–Crippen LogP) is 0.614. The minimum atomic E-state index is -0.587. The average Bonchev–Trinajstić information content (AvgIpc) is 2.08. The molecule has 1 amide bonds. The Morgan fingerprint density at radius 1 is 1.50 bits per heavy atom. The maximum atomic E-state index is 13.0. The van der Waals surface area contributed by atoms with Gasteiger partial charge in [0.1, 0.15) is 5.82 Å². The minimum Gasteiger partial charge on any atom is -0.396 e. The van der Waals surface area contributed by atoms with Crippen molar-refractivity contribution >= 4 is 11.6 Å². The number of hydrazine groups is 1. The normalized spacial score (nSPS) is 10.3. The third kappa shape index (κ3) is 2.43. The predicted molar refractivity (Wildman–Crippen MR) is 52.0 cm³/mol. The summed E-state index contributed by atoms with van der Waals surface area (Å²) in [7, 11) is 3.34. The summed E-state index contributed by atoms with van der Waals surface area (Å²) in [6, 6.07) is 3.94. The van der Waals surface area contributed by atoms with E-state index in [0.29, 0.717) is 0 Å². The van der Waals surface area contributed by atoms with Gasteiger partial charge in [-0.15, -0.1) is 0 Å². The lowest BCUT2D eigenvalue weighted by Gasteiger charge is -2.11. The highest BCUT2D eigenvalue weighted by molar-refractivity contribution is 5.94. The quantitative estimate of drug-likeness (QED) is 0.539. The largest absolute Gasteiger partial charge is 0.396 e. The SMILES string of the molecule is CN(C)NC(=O)c1ccc(N)c(F)c1. The summed E-state index contributed by atoms with van der Waals surface area (Å²) in [6.45, 7) is 0. The van der Waals surface area contributed by atoms with Gasteiger partial charge in [0, 0.05) is 19.7 Å². The average molecular weight is 197 g/mol. The van der Waals surface area contributed by atoms with E-state index in [0.717, 1.165) is 6.07 Å². The standard InChI is InChI=1S/C9H12FN3O/c1-13(2)12-9(14)6-3-4-8(11)7(10)5-6/h3-5H,11H2,1-2H3,(H,12,14). The van der Waals surface area contributed by atoms with Crippen LogP contribution in [0, 0.1) is 5.82 Å². The Labute approximate surface area is 81.5 Å². The molecule has 0 aliphatic rings. The van der Waals surface area contributed by atoms with Crippen molar-refractivity contribution in [3.63, 3.8) is 0 Å². The van der Waals surface area contributed by atoms with Gasteiger partial charge in [-0.1, -0.05) is 0 Å². The van der Waals surface area contributed by atoms with Crippen molar-refractivity contribution in [2.24, 2.45) is 0 Å². The molecule has 0 atom stereocenters. The molecule has 1 aromatic rings. The van der Waals surface area contributed by atoms with Crippen LogP contribution in [0.2, 0.25) is 0 Å². The van der Waals surface area contributed by atoms with E-state index in [4.69, 9.17) is 5.73 Å². The van der Waals surface area contributed by atoms with Crippen LogP contribution < -0.4 is 11.2 Å². The van der Waals surface area contributed by atoms with Gasteiger partial charge in [0.15, 0.2) is 0 Å². The fourth-order valence-corrected chi connectivity index (χ4v) is 0.936. The summed E-state index contributed by atoms with van der Waals surface area (Å²) in [5.41, 5.74) is 8.04. The lowest BCUT2D eigenvalue weighted by atomic mass is 10.2. The van der Waals surface area contributed by atoms with Crippen LogP contribution in [0.15, 0.2) is 18.2 Å². The molecule has 76 valence electrons. The number of carbonyl (C=O) groups excluding carboxylic acids is 1. The number of halogens is 1. The van der Waals surface area contributed by atoms with Crippen molar-refractivity contribution in [2.45, 2.75) is 0 Å². The third-order valence-electron chi connectivity index (χ3n) is 1.59. The number of hydrogen-bond donors (Lipinski definition) is 2. The topological polar surface area (TPSA) is 58.4 Å². The molecular formula is C9H12FN3O. The maximum Gasteiger partial charge on any atom is 0.265 e. The van der Waals surface area contributed by atoms with Crippen LogP contribution in [0.1, 0.15) is 10.4 Å². The second-order valence-electron chi connectivity index (χ2n) is 3.07. The van der Waals surface area contributed by atoms with Gasteiger partial charge < -0.3 is 5.73 Å². The van der Waals surface area contributed by atoms with Crippen LogP contribution in [-0.2, 0) is 0 Å². The molecule has 0 heterocycles. The highest BCUT2D eigenvalue weighted by Gasteiger charge is 2.08. The summed E-state index contributed by atoms with van der Waals surface area (Å²) in [5.74, 6) is -0.953. The number of rotatable bonds is 2. The molecule has 0 bridgehead atoms. The molecule has 0 radical (unpaired) electrons. The smallest absolute Gasteiger partial charge is 0.265 e. The van der Waals surface area contributed by atoms with Crippen molar-refractivity contribution < 1.29 is 9.18 Å². The number of benzene rings is 1. The molecule has 0 aliphatic heterocycles. The first-order valence-corrected chi connectivity index (χ1v) is 4.04. The first kappa shape index (κ1) is 10.5. The Bertz CT molecular complexity index is 352. The number of anilines is 1. The lowest BCUT2D eigenvalue weighted by molar-refractivity contribution is 0.0856. The molecule has 0 unspecified atom stereocenters. The van der Waals surface area contributed by atoms with Crippen LogP contribution in [0.3, 0.4) is 0 Å². The molecule has 1 rings (SSSR count). The summed E-state index contributed by atoms with van der Waals surface area (Å²) in [4.78, 5) is 11.4. The van der Waals surface area contributed by atoms with Gasteiger partial charge in [-0.05, 0) is 18.2 Å². The number of nitrogen functional groups attached to an aromatic ring is 1. The fraction of sp³-hybridized carbons (Fsp3) is 0.222. The summed E-state index contributed by atoms with van der Waals surface area (Å²) in [6.07, 6.45) is 0. The molecular weight excluding hydrogens is 185 g/mol. The molecule has 0 saturated carbocycles. The molecule has 0 spiro atoms. The Morgan fingerprint density at radius 3 is 2.64 bits per heavy atom. The Balaban J connectivity index is 2.86. The van der Waals surface area contributed by atoms with Gasteiger partial charge in [0.2, 0.25) is 0 Å². The zero-order chi connectivity index (χ0) is 10.7. The van der Waals surface area contributed by atoms with E-state index in [1.54, 1.807) is 14.1 Å². The molecule has 0 aliphatic carbocycles. The Hall–Kier alpha value is -1.62. The van der Waals surface area contributed by atoms with E-state index >= 15 is 0 Å². The number of nitrogens with one attached hydrogen (secondary N) is 1. The van der Waals surface area contributed by atoms with E-state index in [-0.39, 0.29) is 17.2 Å². The molecule has 1 aromatic carbocycles. The number of amides is 1. The van der Waals surface area contributed by atoms with Gasteiger partial charge >= 0.3 is 0 Å². The maximum absolute atomic E-state index is 13.0. The molecule has 5 heteroatoms. The highest BCUT2D eigenvalue weighted by atomic mass is 19.1. The monoisotopic (exact) mass is 197 g/mol. The minimum absolute atomic E-state index is 0.0337. The zero-order valence-electron chi connectivity index (χ0n) is 8.04. The van der Waals surface area contributed by atoms with Crippen LogP contribution in [0.4, 0.5) is 10.1 Å². The first-order valence-electron chi connectivity index (χ1n) is 4.04. The number of carbonyl (C=O) groups is 1. The van der Waals surface area contributed by atoms with E-state index in [1.165, 1.54) is 17.1 Å². The highest BCUT2D eigenvalue weighted by Crippen LogP contribution is 2.11. The Kier molecular flexibility index (Phi) is 3.03. The van der Waals surface area contributed by atoms with Crippen molar-refractivity contribution in [1.82, 2.24) is 10.4 Å². The number of nitrogens with zero attached hydrogens (tertiary/aromatic N) is 1. The fourth-order valence-electron chi connectivity index (χ4n) is 0.936. The summed E-state index contributed by atoms with van der Waals surface area (Å²) < 4.78 is 13.0. The van der Waals surface area contributed by atoms with E-state index in [1.807, 2.05) is 0 Å². The van der Waals surface area contributed by atoms with E-state index < -0.39 is 5.82 Å². The number of nitrogens with two attached hydrogens (primary N) is 1. The third-order valence-corrected chi connectivity index (χ3v) is 1.59. The molecule has 14 heavy (non-hydrogen) atoms. The molecule has 0 aromatic heterocycles. The van der Waals surface area contributed by atoms with Gasteiger partial charge in [0.05, 0.1) is 5.69 Å². The Morgan fingerprint density at radius 2 is 2.14 bits per heavy atom. The van der Waals surface area contributed by atoms with Gasteiger partial charge in [-0.3, -0.25) is 10.2 Å². The first-order chi connectivity index (χ1) is 6.50. The second kappa shape index (κ2) is 4.06. The van der Waals surface area contributed by atoms with Crippen LogP contribution in [-0.4, -0.2) is 25.0 Å².